The summed E-state index contributed by atoms with van der Waals surface area (Å²) in [5.41, 5.74) is 4.20. The minimum atomic E-state index is -1.32. The molecular weight excluding hydrogens is 498 g/mol. The number of phenolic OH excluding ortho intramolecular Hbond substituents is 2. The van der Waals surface area contributed by atoms with E-state index < -0.39 is 59.3 Å². The van der Waals surface area contributed by atoms with Gasteiger partial charge in [0.2, 0.25) is 5.78 Å². The fraction of sp³-hybridized carbons (Fsp3) is 0.444. The summed E-state index contributed by atoms with van der Waals surface area (Å²) in [5.74, 6) is -2.45. The van der Waals surface area contributed by atoms with Crippen LogP contribution < -0.4 is 10.5 Å². The highest BCUT2D eigenvalue weighted by Crippen LogP contribution is 2.54. The molecule has 4 aliphatic rings. The zero-order valence-corrected chi connectivity index (χ0v) is 20.7. The van der Waals surface area contributed by atoms with E-state index in [1.165, 1.54) is 19.2 Å². The molecular formula is C27H27NO10. The van der Waals surface area contributed by atoms with Crippen molar-refractivity contribution >= 4 is 17.3 Å². The van der Waals surface area contributed by atoms with Crippen molar-refractivity contribution in [2.24, 2.45) is 5.73 Å². The number of hydrogen-bond acceptors (Lipinski definition) is 11. The Morgan fingerprint density at radius 2 is 1.82 bits per heavy atom. The predicted molar refractivity (Wildman–Crippen MR) is 128 cm³/mol. The molecule has 2 aliphatic heterocycles. The third-order valence-corrected chi connectivity index (χ3v) is 8.12. The Morgan fingerprint density at radius 3 is 2.45 bits per heavy atom. The first-order valence-corrected chi connectivity index (χ1v) is 12.4. The fourth-order valence-corrected chi connectivity index (χ4v) is 6.03. The molecule has 0 amide bonds. The second-order valence-electron chi connectivity index (χ2n) is 10.3. The number of aliphatic hydroxyl groups is 1. The molecule has 11 nitrogen and oxygen atoms in total. The number of nitrogens with two attached hydrogens (primary N) is 1. The molecule has 11 heteroatoms. The molecule has 200 valence electrons. The van der Waals surface area contributed by atoms with Crippen molar-refractivity contribution in [3.63, 3.8) is 0 Å². The van der Waals surface area contributed by atoms with E-state index in [0.29, 0.717) is 0 Å². The van der Waals surface area contributed by atoms with Crippen molar-refractivity contribution in [1.82, 2.24) is 0 Å². The van der Waals surface area contributed by atoms with Crippen LogP contribution in [0.15, 0.2) is 18.2 Å². The molecule has 6 rings (SSSR count). The number of fused-ring (bicyclic) bond motifs is 3. The van der Waals surface area contributed by atoms with Gasteiger partial charge >= 0.3 is 0 Å². The van der Waals surface area contributed by atoms with E-state index >= 15 is 0 Å². The smallest absolute Gasteiger partial charge is 0.202 e. The van der Waals surface area contributed by atoms with Crippen LogP contribution in [0.25, 0.3) is 0 Å². The molecule has 2 heterocycles. The van der Waals surface area contributed by atoms with Gasteiger partial charge in [-0.05, 0) is 13.0 Å². The molecule has 2 aliphatic carbocycles. The van der Waals surface area contributed by atoms with Gasteiger partial charge in [0.15, 0.2) is 17.9 Å². The average Bonchev–Trinajstić information content (AvgIpc) is 2.90. The third kappa shape index (κ3) is 3.36. The van der Waals surface area contributed by atoms with Crippen LogP contribution in [0.4, 0.5) is 0 Å². The van der Waals surface area contributed by atoms with Crippen LogP contribution in [-0.4, -0.2) is 76.5 Å². The molecule has 6 atom stereocenters. The van der Waals surface area contributed by atoms with E-state index in [9.17, 15) is 29.7 Å². The molecule has 2 fully saturated rings. The summed E-state index contributed by atoms with van der Waals surface area (Å²) < 4.78 is 22.9. The molecule has 0 aromatic heterocycles. The van der Waals surface area contributed by atoms with Crippen LogP contribution in [0.1, 0.15) is 68.8 Å². The number of benzene rings is 2. The Bertz CT molecular complexity index is 1390. The predicted octanol–water partition coefficient (Wildman–Crippen LogP) is 1.05. The van der Waals surface area contributed by atoms with Gasteiger partial charge in [-0.2, -0.15) is 0 Å². The second-order valence-corrected chi connectivity index (χ2v) is 10.3. The van der Waals surface area contributed by atoms with Gasteiger partial charge in [-0.3, -0.25) is 14.4 Å². The highest BCUT2D eigenvalue weighted by Gasteiger charge is 2.55. The van der Waals surface area contributed by atoms with Gasteiger partial charge in [-0.15, -0.1) is 0 Å². The number of ketones is 3. The quantitative estimate of drug-likeness (QED) is 0.360. The second kappa shape index (κ2) is 8.58. The molecule has 0 saturated carbocycles. The van der Waals surface area contributed by atoms with Crippen molar-refractivity contribution in [2.75, 3.05) is 13.7 Å². The normalized spacial score (nSPS) is 31.9. The van der Waals surface area contributed by atoms with Crippen molar-refractivity contribution < 1.29 is 48.7 Å². The van der Waals surface area contributed by atoms with Gasteiger partial charge in [0.25, 0.3) is 0 Å². The van der Waals surface area contributed by atoms with E-state index in [1.54, 1.807) is 13.0 Å². The lowest BCUT2D eigenvalue weighted by Crippen LogP contribution is -2.59. The third-order valence-electron chi connectivity index (χ3n) is 8.12. The Morgan fingerprint density at radius 1 is 1.08 bits per heavy atom. The van der Waals surface area contributed by atoms with Gasteiger partial charge in [-0.1, -0.05) is 12.1 Å². The first kappa shape index (κ1) is 25.0. The lowest BCUT2D eigenvalue weighted by atomic mass is 9.70. The van der Waals surface area contributed by atoms with Crippen molar-refractivity contribution in [2.45, 2.75) is 62.4 Å². The summed E-state index contributed by atoms with van der Waals surface area (Å²) in [5, 5.41) is 33.1. The number of aromatic hydroxyl groups is 2. The molecule has 0 radical (unpaired) electrons. The van der Waals surface area contributed by atoms with Crippen molar-refractivity contribution in [3.8, 4) is 17.2 Å². The van der Waals surface area contributed by atoms with Crippen LogP contribution in [0.5, 0.6) is 17.2 Å². The number of rotatable bonds is 3. The topological polar surface area (TPSA) is 175 Å². The van der Waals surface area contributed by atoms with E-state index in [2.05, 4.69) is 0 Å². The maximum absolute atomic E-state index is 13.7. The van der Waals surface area contributed by atoms with E-state index in [-0.39, 0.29) is 70.8 Å². The SMILES string of the molecule is COc1cccc2c1C(=O)c1c(O)c3c(c(O)c1C2=O)C[C@@]1(C[C@@H]3O[C@H]2C[C@H](N)[C@H](O)[C@H](C)O2)OCC1=O. The number of carbonyl (C=O) groups is 3. The maximum atomic E-state index is 13.7. The monoisotopic (exact) mass is 525 g/mol. The Hall–Kier alpha value is -3.35. The molecule has 38 heavy (non-hydrogen) atoms. The lowest BCUT2D eigenvalue weighted by Gasteiger charge is -2.47. The Kier molecular flexibility index (Phi) is 5.64. The molecule has 2 aromatic rings. The fourth-order valence-electron chi connectivity index (χ4n) is 6.03. The Labute approximate surface area is 217 Å². The number of phenols is 2. The van der Waals surface area contributed by atoms with E-state index in [1.807, 2.05) is 0 Å². The molecule has 0 bridgehead atoms. The maximum Gasteiger partial charge on any atom is 0.202 e. The van der Waals surface area contributed by atoms with Gasteiger partial charge in [-0.25, -0.2) is 0 Å². The summed E-state index contributed by atoms with van der Waals surface area (Å²) in [7, 11) is 1.36. The Balaban J connectivity index is 1.51. The van der Waals surface area contributed by atoms with Crippen LogP contribution in [0, 0.1) is 0 Å². The standard InChI is InChI=1S/C27H27NO10/c1-10-22(30)13(28)6-17(37-10)38-15-8-27(16(29)9-36-27)7-12-19(15)26(34)21-20(24(12)32)23(31)11-4-3-5-14(35-2)18(11)25(21)33/h3-5,10,13,15,17,22,30,32,34H,6-9,28H2,1-2H3/t10-,13-,15-,17-,22+,27-/m0/s1. The molecule has 0 unspecified atom stereocenters. The highest BCUT2D eigenvalue weighted by molar-refractivity contribution is 6.31. The minimum absolute atomic E-state index is 0.0152. The first-order valence-electron chi connectivity index (χ1n) is 12.4. The number of carbonyl (C=O) groups excluding carboxylic acids is 3. The first-order chi connectivity index (χ1) is 18.1. The van der Waals surface area contributed by atoms with Crippen LogP contribution >= 0.6 is 0 Å². The minimum Gasteiger partial charge on any atom is -0.507 e. The van der Waals surface area contributed by atoms with E-state index in [4.69, 9.17) is 24.7 Å². The number of methoxy groups -OCH3 is 1. The van der Waals surface area contributed by atoms with Crippen LogP contribution in [0.3, 0.4) is 0 Å². The average molecular weight is 526 g/mol. The molecule has 2 aromatic carbocycles. The van der Waals surface area contributed by atoms with Crippen LogP contribution in [0.2, 0.25) is 0 Å². The van der Waals surface area contributed by atoms with E-state index in [0.717, 1.165) is 0 Å². The summed E-state index contributed by atoms with van der Waals surface area (Å²) >= 11 is 0. The molecule has 2 saturated heterocycles. The van der Waals surface area contributed by atoms with Gasteiger partial charge in [0, 0.05) is 42.0 Å². The number of hydrogen-bond donors (Lipinski definition) is 4. The van der Waals surface area contributed by atoms with Gasteiger partial charge in [0.1, 0.15) is 29.5 Å². The summed E-state index contributed by atoms with van der Waals surface area (Å²) in [6, 6.07) is 3.88. The zero-order valence-electron chi connectivity index (χ0n) is 20.7. The summed E-state index contributed by atoms with van der Waals surface area (Å²) in [4.78, 5) is 39.9. The summed E-state index contributed by atoms with van der Waals surface area (Å²) in [6.45, 7) is 1.53. The lowest BCUT2D eigenvalue weighted by molar-refractivity contribution is -0.253. The van der Waals surface area contributed by atoms with Crippen molar-refractivity contribution in [1.29, 1.82) is 0 Å². The zero-order chi connectivity index (χ0) is 27.1. The number of aliphatic hydroxyl groups excluding tert-OH is 1. The molecule has 5 N–H and O–H groups in total. The molecule has 1 spiro atoms. The highest BCUT2D eigenvalue weighted by atomic mass is 16.7. The largest absolute Gasteiger partial charge is 0.507 e. The van der Waals surface area contributed by atoms with Gasteiger partial charge in [0.05, 0.1) is 42.1 Å². The number of ether oxygens (including phenoxy) is 4. The number of Topliss-reactive ketones (excluding diaryl/α,β-unsaturated/α-hetero) is 1. The van der Waals surface area contributed by atoms with Gasteiger partial charge < -0.3 is 40.0 Å². The summed E-state index contributed by atoms with van der Waals surface area (Å²) in [6.07, 6.45) is -3.52. The van der Waals surface area contributed by atoms with Crippen LogP contribution in [-0.2, 0) is 25.4 Å². The van der Waals surface area contributed by atoms with Crippen molar-refractivity contribution in [3.05, 3.63) is 51.6 Å².